The molecule has 4 nitrogen and oxygen atoms in total. The highest BCUT2D eigenvalue weighted by Crippen LogP contribution is 2.32. The Balaban J connectivity index is 0.000000124. The Morgan fingerprint density at radius 2 is 1.22 bits per heavy atom. The van der Waals surface area contributed by atoms with Crippen LogP contribution in [0.3, 0.4) is 0 Å². The molecule has 0 bridgehead atoms. The minimum Gasteiger partial charge on any atom is -0.339 e. The molecule has 0 spiro atoms. The average Bonchev–Trinajstić information content (AvgIpc) is 3.54. The van der Waals surface area contributed by atoms with Gasteiger partial charge in [-0.3, -0.25) is 4.57 Å². The number of benzene rings is 4. The van der Waals surface area contributed by atoms with E-state index in [1.807, 2.05) is 97.2 Å². The molecule has 4 aromatic heterocycles. The van der Waals surface area contributed by atoms with Gasteiger partial charge < -0.3 is 4.98 Å². The maximum Gasteiger partial charge on any atom is 0.145 e. The summed E-state index contributed by atoms with van der Waals surface area (Å²) in [5, 5.41) is 5.99. The van der Waals surface area contributed by atoms with Crippen molar-refractivity contribution in [3.8, 4) is 5.69 Å². The van der Waals surface area contributed by atoms with Crippen LogP contribution in [0.15, 0.2) is 134 Å². The SMILES string of the molecule is Clc1ccc2[nH]c3ncccc3c2c1.Clc1ccc2c(c1)c1cccnc1n2-c1ccccc1.Ic1ccccc1. The summed E-state index contributed by atoms with van der Waals surface area (Å²) in [7, 11) is 0. The second-order valence-corrected chi connectivity index (χ2v) is 11.3. The van der Waals surface area contributed by atoms with Crippen LogP contribution in [0.5, 0.6) is 0 Å². The smallest absolute Gasteiger partial charge is 0.145 e. The van der Waals surface area contributed by atoms with E-state index in [1.54, 1.807) is 6.20 Å². The van der Waals surface area contributed by atoms with E-state index in [9.17, 15) is 0 Å². The maximum absolute atomic E-state index is 6.14. The Labute approximate surface area is 260 Å². The van der Waals surface area contributed by atoms with Crippen molar-refractivity contribution in [2.75, 3.05) is 0 Å². The van der Waals surface area contributed by atoms with Gasteiger partial charge in [-0.2, -0.15) is 0 Å². The molecule has 41 heavy (non-hydrogen) atoms. The molecule has 0 aliphatic rings. The zero-order chi connectivity index (χ0) is 28.2. The van der Waals surface area contributed by atoms with Gasteiger partial charge >= 0.3 is 0 Å². The van der Waals surface area contributed by atoms with E-state index in [2.05, 4.69) is 72.4 Å². The molecule has 1 N–H and O–H groups in total. The minimum absolute atomic E-state index is 0.744. The summed E-state index contributed by atoms with van der Waals surface area (Å²) in [6.07, 6.45) is 3.60. The van der Waals surface area contributed by atoms with Crippen LogP contribution in [0.2, 0.25) is 10.0 Å². The van der Waals surface area contributed by atoms with Crippen molar-refractivity contribution in [2.45, 2.75) is 0 Å². The molecular formula is C34H23Cl2IN4. The number of pyridine rings is 2. The fourth-order valence-electron chi connectivity index (χ4n) is 4.77. The zero-order valence-corrected chi connectivity index (χ0v) is 25.3. The number of nitrogens with one attached hydrogen (secondary N) is 1. The third-order valence-corrected chi connectivity index (χ3v) is 7.76. The van der Waals surface area contributed by atoms with Crippen molar-refractivity contribution in [2.24, 2.45) is 0 Å². The van der Waals surface area contributed by atoms with E-state index in [1.165, 1.54) is 3.57 Å². The maximum atomic E-state index is 6.14. The van der Waals surface area contributed by atoms with Crippen LogP contribution in [0.1, 0.15) is 0 Å². The summed E-state index contributed by atoms with van der Waals surface area (Å²) in [5.41, 5.74) is 5.16. The molecular weight excluding hydrogens is 662 g/mol. The molecule has 0 atom stereocenters. The first-order valence-electron chi connectivity index (χ1n) is 12.9. The monoisotopic (exact) mass is 684 g/mol. The summed E-state index contributed by atoms with van der Waals surface area (Å²) >= 11 is 14.4. The number of para-hydroxylation sites is 1. The Kier molecular flexibility index (Phi) is 8.19. The average molecular weight is 685 g/mol. The van der Waals surface area contributed by atoms with Gasteiger partial charge in [-0.25, -0.2) is 9.97 Å². The van der Waals surface area contributed by atoms with Gasteiger partial charge in [0.1, 0.15) is 11.3 Å². The van der Waals surface area contributed by atoms with E-state index in [0.717, 1.165) is 59.6 Å². The third kappa shape index (κ3) is 5.93. The van der Waals surface area contributed by atoms with Crippen molar-refractivity contribution in [3.05, 3.63) is 147 Å². The van der Waals surface area contributed by atoms with E-state index in [-0.39, 0.29) is 0 Å². The molecule has 8 rings (SSSR count). The predicted molar refractivity (Wildman–Crippen MR) is 181 cm³/mol. The van der Waals surface area contributed by atoms with Crippen LogP contribution >= 0.6 is 45.8 Å². The molecule has 4 heterocycles. The number of aromatic nitrogens is 4. The van der Waals surface area contributed by atoms with Gasteiger partial charge in [-0.05, 0) is 108 Å². The van der Waals surface area contributed by atoms with E-state index in [4.69, 9.17) is 23.2 Å². The molecule has 0 saturated heterocycles. The lowest BCUT2D eigenvalue weighted by molar-refractivity contribution is 1.14. The third-order valence-electron chi connectivity index (χ3n) is 6.57. The van der Waals surface area contributed by atoms with Gasteiger partial charge in [0.05, 0.1) is 5.52 Å². The van der Waals surface area contributed by atoms with Crippen LogP contribution in [0.25, 0.3) is 49.6 Å². The predicted octanol–water partition coefficient (Wildman–Crippen LogP) is 10.5. The van der Waals surface area contributed by atoms with Gasteiger partial charge in [0.2, 0.25) is 0 Å². The summed E-state index contributed by atoms with van der Waals surface area (Å²) in [6.45, 7) is 0. The number of halogens is 3. The number of H-pyrrole nitrogens is 1. The van der Waals surface area contributed by atoms with Crippen LogP contribution < -0.4 is 0 Å². The van der Waals surface area contributed by atoms with Crippen molar-refractivity contribution in [1.29, 1.82) is 0 Å². The van der Waals surface area contributed by atoms with Crippen LogP contribution in [-0.4, -0.2) is 19.5 Å². The van der Waals surface area contributed by atoms with Crippen molar-refractivity contribution < 1.29 is 0 Å². The lowest BCUT2D eigenvalue weighted by Crippen LogP contribution is -1.94. The Bertz CT molecular complexity index is 2090. The molecule has 4 aromatic carbocycles. The molecule has 0 aliphatic heterocycles. The Morgan fingerprint density at radius 1 is 0.585 bits per heavy atom. The van der Waals surface area contributed by atoms with Gasteiger partial charge in [0, 0.05) is 58.8 Å². The number of aromatic amines is 1. The first-order chi connectivity index (χ1) is 20.1. The molecule has 7 heteroatoms. The number of rotatable bonds is 1. The zero-order valence-electron chi connectivity index (χ0n) is 21.7. The highest BCUT2D eigenvalue weighted by atomic mass is 127. The van der Waals surface area contributed by atoms with E-state index >= 15 is 0 Å². The van der Waals surface area contributed by atoms with Crippen molar-refractivity contribution in [1.82, 2.24) is 19.5 Å². The van der Waals surface area contributed by atoms with E-state index < -0.39 is 0 Å². The molecule has 0 unspecified atom stereocenters. The highest BCUT2D eigenvalue weighted by molar-refractivity contribution is 14.1. The molecule has 0 radical (unpaired) electrons. The fraction of sp³-hybridized carbons (Fsp3) is 0. The van der Waals surface area contributed by atoms with Crippen molar-refractivity contribution >= 4 is 89.7 Å². The quantitative estimate of drug-likeness (QED) is 0.175. The normalized spacial score (nSPS) is 10.8. The number of nitrogens with zero attached hydrogens (tertiary/aromatic N) is 3. The Morgan fingerprint density at radius 3 is 1.93 bits per heavy atom. The summed E-state index contributed by atoms with van der Waals surface area (Å²) < 4.78 is 3.46. The standard InChI is InChI=1S/C17H11ClN2.C11H7ClN2.C6H5I/c18-12-8-9-16-15(11-12)14-7-4-10-19-17(14)20(16)13-5-2-1-3-6-13;12-7-3-4-10-9(6-7)8-2-1-5-13-11(8)14-10;7-6-4-2-1-3-5-6/h1-11H;1-6H,(H,13,14);1-5H. The molecule has 200 valence electrons. The largest absolute Gasteiger partial charge is 0.339 e. The summed E-state index contributed by atoms with van der Waals surface area (Å²) in [6, 6.07) is 40.2. The lowest BCUT2D eigenvalue weighted by Gasteiger charge is -2.06. The number of hydrogen-bond acceptors (Lipinski definition) is 2. The minimum atomic E-state index is 0.744. The highest BCUT2D eigenvalue weighted by Gasteiger charge is 2.12. The molecule has 0 amide bonds. The molecule has 0 fully saturated rings. The number of fused-ring (bicyclic) bond motifs is 6. The summed E-state index contributed by atoms with van der Waals surface area (Å²) in [4.78, 5) is 12.0. The van der Waals surface area contributed by atoms with Gasteiger partial charge in [-0.15, -0.1) is 0 Å². The first-order valence-corrected chi connectivity index (χ1v) is 14.7. The molecule has 0 aliphatic carbocycles. The lowest BCUT2D eigenvalue weighted by atomic mass is 10.2. The van der Waals surface area contributed by atoms with Gasteiger partial charge in [0.15, 0.2) is 0 Å². The van der Waals surface area contributed by atoms with E-state index in [0.29, 0.717) is 0 Å². The fourth-order valence-corrected chi connectivity index (χ4v) is 5.53. The number of hydrogen-bond donors (Lipinski definition) is 1. The van der Waals surface area contributed by atoms with Crippen LogP contribution in [0, 0.1) is 3.57 Å². The van der Waals surface area contributed by atoms with Crippen LogP contribution in [-0.2, 0) is 0 Å². The Hall–Kier alpha value is -3.91. The van der Waals surface area contributed by atoms with Crippen LogP contribution in [0.4, 0.5) is 0 Å². The van der Waals surface area contributed by atoms with Gasteiger partial charge in [0.25, 0.3) is 0 Å². The second kappa shape index (κ2) is 12.3. The topological polar surface area (TPSA) is 46.5 Å². The summed E-state index contributed by atoms with van der Waals surface area (Å²) in [5.74, 6) is 0. The molecule has 0 saturated carbocycles. The first kappa shape index (κ1) is 27.3. The second-order valence-electron chi connectivity index (χ2n) is 9.22. The van der Waals surface area contributed by atoms with Gasteiger partial charge in [-0.1, -0.05) is 59.6 Å². The van der Waals surface area contributed by atoms with Crippen molar-refractivity contribution in [3.63, 3.8) is 0 Å². The molecule has 8 aromatic rings.